The maximum Gasteiger partial charge on any atom is 0.394 e. The van der Waals surface area contributed by atoms with Crippen molar-refractivity contribution in [3.05, 3.63) is 28.8 Å². The van der Waals surface area contributed by atoms with Gasteiger partial charge in [-0.3, -0.25) is 0 Å². The van der Waals surface area contributed by atoms with E-state index < -0.39 is 8.60 Å². The summed E-state index contributed by atoms with van der Waals surface area (Å²) in [7, 11) is -1.99. The zero-order valence-electron chi connectivity index (χ0n) is 16.1. The van der Waals surface area contributed by atoms with Crippen molar-refractivity contribution in [3.63, 3.8) is 0 Å². The van der Waals surface area contributed by atoms with Crippen molar-refractivity contribution in [2.24, 2.45) is 0 Å². The molecule has 0 saturated heterocycles. The second-order valence-electron chi connectivity index (χ2n) is 8.28. The van der Waals surface area contributed by atoms with Crippen LogP contribution < -0.4 is 4.52 Å². The third-order valence-corrected chi connectivity index (χ3v) is 4.52. The molecule has 0 aliphatic heterocycles. The smallest absolute Gasteiger partial charge is 0.394 e. The quantitative estimate of drug-likeness (QED) is 0.534. The predicted octanol–water partition coefficient (Wildman–Crippen LogP) is 4.98. The lowest BCUT2D eigenvalue weighted by Crippen LogP contribution is -2.19. The molecule has 0 spiro atoms. The highest BCUT2D eigenvalue weighted by molar-refractivity contribution is 7.41. The third kappa shape index (κ3) is 6.33. The summed E-state index contributed by atoms with van der Waals surface area (Å²) in [5, 5.41) is 8.80. The van der Waals surface area contributed by atoms with Crippen molar-refractivity contribution >= 4 is 8.60 Å². The van der Waals surface area contributed by atoms with Gasteiger partial charge >= 0.3 is 8.60 Å². The maximum atomic E-state index is 10.2. The average Bonchev–Trinajstić information content (AvgIpc) is 2.43. The van der Waals surface area contributed by atoms with Crippen LogP contribution in [-0.2, 0) is 15.4 Å². The molecule has 0 aliphatic carbocycles. The van der Waals surface area contributed by atoms with Crippen molar-refractivity contribution in [2.45, 2.75) is 72.1 Å². The summed E-state index contributed by atoms with van der Waals surface area (Å²) in [6.07, 6.45) is 1.36. The first-order chi connectivity index (χ1) is 11.0. The number of aryl methyl sites for hydroxylation is 1. The molecule has 0 saturated carbocycles. The minimum Gasteiger partial charge on any atom is -0.426 e. The topological polar surface area (TPSA) is 58.9 Å². The van der Waals surface area contributed by atoms with Gasteiger partial charge in [0.15, 0.2) is 0 Å². The maximum absolute atomic E-state index is 10.2. The third-order valence-electron chi connectivity index (χ3n) is 3.77. The molecule has 2 N–H and O–H groups in total. The van der Waals surface area contributed by atoms with Crippen LogP contribution in [0.25, 0.3) is 0 Å². The van der Waals surface area contributed by atoms with Gasteiger partial charge in [-0.05, 0) is 30.6 Å². The van der Waals surface area contributed by atoms with Crippen LogP contribution >= 0.6 is 8.60 Å². The monoisotopic (exact) mass is 356 g/mol. The molecule has 0 bridgehead atoms. The van der Waals surface area contributed by atoms with Gasteiger partial charge in [-0.2, -0.15) is 0 Å². The number of hydrogen-bond acceptors (Lipinski definition) is 4. The van der Waals surface area contributed by atoms with Crippen LogP contribution in [-0.4, -0.2) is 23.2 Å². The lowest BCUT2D eigenvalue weighted by atomic mass is 9.78. The van der Waals surface area contributed by atoms with Crippen molar-refractivity contribution in [1.82, 2.24) is 0 Å². The van der Waals surface area contributed by atoms with E-state index in [9.17, 15) is 4.89 Å². The van der Waals surface area contributed by atoms with Gasteiger partial charge in [0.1, 0.15) is 5.75 Å². The highest BCUT2D eigenvalue weighted by atomic mass is 31.2. The fourth-order valence-electron chi connectivity index (χ4n) is 2.45. The van der Waals surface area contributed by atoms with E-state index in [-0.39, 0.29) is 17.4 Å². The van der Waals surface area contributed by atoms with E-state index in [1.54, 1.807) is 0 Å². The van der Waals surface area contributed by atoms with Crippen LogP contribution in [0.5, 0.6) is 5.75 Å². The summed E-state index contributed by atoms with van der Waals surface area (Å²) in [6, 6.07) is 4.25. The summed E-state index contributed by atoms with van der Waals surface area (Å²) in [4.78, 5) is 10.2. The number of unbranched alkanes of at least 4 members (excludes halogenated alkanes) is 1. The number of hydrogen-bond donors (Lipinski definition) is 2. The first kappa shape index (κ1) is 21.4. The summed E-state index contributed by atoms with van der Waals surface area (Å²) in [5.41, 5.74) is 3.13. The molecule has 0 radical (unpaired) electrons. The first-order valence-corrected chi connectivity index (χ1v) is 9.66. The Morgan fingerprint density at radius 3 is 1.88 bits per heavy atom. The second kappa shape index (κ2) is 8.62. The predicted molar refractivity (Wildman–Crippen MR) is 101 cm³/mol. The van der Waals surface area contributed by atoms with Gasteiger partial charge in [0.2, 0.25) is 0 Å². The molecule has 5 heteroatoms. The standard InChI is InChI=1S/C19H33O4P/c1-14-12-15(18(2,3)4)17(16(13-14)19(5,6)7)23-24(21)22-11-9-8-10-20/h12-13,20-21H,8-11H2,1-7H3. The molecule has 138 valence electrons. The summed E-state index contributed by atoms with van der Waals surface area (Å²) in [6.45, 7) is 15.4. The molecule has 1 unspecified atom stereocenters. The minimum atomic E-state index is -1.99. The number of aliphatic hydroxyl groups is 1. The van der Waals surface area contributed by atoms with Gasteiger partial charge in [-0.1, -0.05) is 59.2 Å². The van der Waals surface area contributed by atoms with Gasteiger partial charge < -0.3 is 19.0 Å². The van der Waals surface area contributed by atoms with Crippen LogP contribution in [0, 0.1) is 6.92 Å². The molecule has 1 atom stereocenters. The Bertz CT molecular complexity index is 494. The summed E-state index contributed by atoms with van der Waals surface area (Å²) in [5.74, 6) is 0.733. The van der Waals surface area contributed by atoms with E-state index >= 15 is 0 Å². The Kier molecular flexibility index (Phi) is 7.68. The Labute approximate surface area is 148 Å². The zero-order valence-corrected chi connectivity index (χ0v) is 17.0. The van der Waals surface area contributed by atoms with E-state index in [4.69, 9.17) is 14.2 Å². The highest BCUT2D eigenvalue weighted by Crippen LogP contribution is 2.46. The zero-order chi connectivity index (χ0) is 18.5. The van der Waals surface area contributed by atoms with Crippen LogP contribution in [0.1, 0.15) is 71.1 Å². The number of benzene rings is 1. The number of aliphatic hydroxyl groups excluding tert-OH is 1. The Morgan fingerprint density at radius 1 is 0.958 bits per heavy atom. The van der Waals surface area contributed by atoms with Gasteiger partial charge in [0.05, 0.1) is 6.61 Å². The van der Waals surface area contributed by atoms with Crippen molar-refractivity contribution < 1.29 is 19.0 Å². The van der Waals surface area contributed by atoms with Gasteiger partial charge in [0, 0.05) is 17.7 Å². The molecule has 4 nitrogen and oxygen atoms in total. The normalized spacial score (nSPS) is 13.9. The van der Waals surface area contributed by atoms with Crippen LogP contribution in [0.4, 0.5) is 0 Å². The molecule has 0 fully saturated rings. The Hall–Kier alpha value is -0.670. The number of rotatable bonds is 7. The SMILES string of the molecule is Cc1cc(C(C)(C)C)c(OP(O)OCCCCO)c(C(C)(C)C)c1. The van der Waals surface area contributed by atoms with Crippen molar-refractivity contribution in [1.29, 1.82) is 0 Å². The van der Waals surface area contributed by atoms with E-state index in [0.717, 1.165) is 16.9 Å². The Balaban J connectivity index is 3.14. The molecule has 0 heterocycles. The average molecular weight is 356 g/mol. The molecule has 0 aromatic heterocycles. The summed E-state index contributed by atoms with van der Waals surface area (Å²) >= 11 is 0. The lowest BCUT2D eigenvalue weighted by Gasteiger charge is -2.30. The lowest BCUT2D eigenvalue weighted by molar-refractivity contribution is 0.230. The van der Waals surface area contributed by atoms with Gasteiger partial charge in [0.25, 0.3) is 0 Å². The molecule has 1 aromatic rings. The molecule has 1 aromatic carbocycles. The van der Waals surface area contributed by atoms with Crippen molar-refractivity contribution in [2.75, 3.05) is 13.2 Å². The van der Waals surface area contributed by atoms with E-state index in [2.05, 4.69) is 60.6 Å². The van der Waals surface area contributed by atoms with Crippen molar-refractivity contribution in [3.8, 4) is 5.75 Å². The molecular formula is C19H33O4P. The first-order valence-electron chi connectivity index (χ1n) is 8.53. The van der Waals surface area contributed by atoms with Gasteiger partial charge in [-0.25, -0.2) is 0 Å². The van der Waals surface area contributed by atoms with E-state index in [0.29, 0.717) is 19.4 Å². The molecule has 0 aliphatic rings. The highest BCUT2D eigenvalue weighted by Gasteiger charge is 2.29. The van der Waals surface area contributed by atoms with E-state index in [1.807, 2.05) is 0 Å². The second-order valence-corrected chi connectivity index (χ2v) is 9.20. The van der Waals surface area contributed by atoms with Crippen LogP contribution in [0.3, 0.4) is 0 Å². The largest absolute Gasteiger partial charge is 0.426 e. The Morgan fingerprint density at radius 2 is 1.46 bits per heavy atom. The molecular weight excluding hydrogens is 323 g/mol. The minimum absolute atomic E-state index is 0.103. The van der Waals surface area contributed by atoms with E-state index in [1.165, 1.54) is 5.56 Å². The van der Waals surface area contributed by atoms with Crippen LogP contribution in [0.15, 0.2) is 12.1 Å². The fraction of sp³-hybridized carbons (Fsp3) is 0.684. The molecule has 24 heavy (non-hydrogen) atoms. The van der Waals surface area contributed by atoms with Gasteiger partial charge in [-0.15, -0.1) is 0 Å². The van der Waals surface area contributed by atoms with Crippen LogP contribution in [0.2, 0.25) is 0 Å². The molecule has 1 rings (SSSR count). The fourth-order valence-corrected chi connectivity index (χ4v) is 3.14. The summed E-state index contributed by atoms with van der Waals surface area (Å²) < 4.78 is 11.3. The molecule has 0 amide bonds.